The topological polar surface area (TPSA) is 662 Å². The zero-order valence-electron chi connectivity index (χ0n) is 65.2. The molecule has 0 spiro atoms. The van der Waals surface area contributed by atoms with E-state index in [9.17, 15) is 87.5 Å². The average molecular weight is 1690 g/mol. The maximum atomic E-state index is 14.1. The van der Waals surface area contributed by atoms with Crippen LogP contribution < -0.4 is 88.4 Å². The van der Waals surface area contributed by atoms with Gasteiger partial charge in [0.1, 0.15) is 72.5 Å². The second kappa shape index (κ2) is 52.1. The van der Waals surface area contributed by atoms with Gasteiger partial charge in [-0.2, -0.15) is 25.3 Å². The molecule has 114 heavy (non-hydrogen) atoms. The van der Waals surface area contributed by atoms with Gasteiger partial charge in [0, 0.05) is 62.3 Å². The number of unbranched alkanes of at least 4 members (excludes halogenated alkanes) is 2. The highest BCUT2D eigenvalue weighted by Crippen LogP contribution is 2.30. The van der Waals surface area contributed by atoms with Crippen molar-refractivity contribution in [1.82, 2.24) is 62.1 Å². The lowest BCUT2D eigenvalue weighted by atomic mass is 10.0. The fourth-order valence-corrected chi connectivity index (χ4v) is 15.4. The molecule has 12 amide bonds. The number of carbonyl (C=O) groups is 14. The summed E-state index contributed by atoms with van der Waals surface area (Å²) in [5, 5.41) is 60.4. The summed E-state index contributed by atoms with van der Waals surface area (Å²) in [6, 6.07) is -16.3. The second-order valence-corrected chi connectivity index (χ2v) is 32.3. The SMILES string of the molecule is C1CC1.C1CC1.C[C@@H](O)[C@@H]1NC(=O)[C@@H](N)CSSC[C@@H](C(=O)O)NC(=O)[C@H](CCCN=C(N)N)NC(=O)[C@@H]2CCCN2C(=O)[C@@H]2CCCN2C(=O)[C@H](CCCCN)NC1=O.C[C@@H](O)[C@H](NC(=O)[C@@H](N)CS)C(=O)N[C@@H](CCCCN)C(=O)N1CCC[C@H]1C(=O)N1CCC[C@H]1C(=O)N[C@@H](CCCN=C(N)N)C(=O)N[C@@H](CS)C(=O)O. The number of aliphatic hydroxyl groups excluding tert-OH is 2. The molecule has 0 aromatic heterocycles. The molecule has 5 heterocycles. The van der Waals surface area contributed by atoms with Gasteiger partial charge in [0.2, 0.25) is 70.9 Å². The van der Waals surface area contributed by atoms with Gasteiger partial charge in [0.25, 0.3) is 0 Å². The van der Waals surface area contributed by atoms with E-state index in [2.05, 4.69) is 77.8 Å². The number of hydrogen-bond donors (Lipinski definition) is 22. The van der Waals surface area contributed by atoms with Crippen molar-refractivity contribution < 1.29 is 87.5 Å². The van der Waals surface area contributed by atoms with Crippen molar-refractivity contribution in [2.75, 3.05) is 75.4 Å². The molecule has 646 valence electrons. The van der Waals surface area contributed by atoms with Crippen molar-refractivity contribution in [3.05, 3.63) is 0 Å². The highest BCUT2D eigenvalue weighted by atomic mass is 33.1. The summed E-state index contributed by atoms with van der Waals surface area (Å²) in [7, 11) is 2.08. The quantitative estimate of drug-likeness (QED) is 0.00981. The summed E-state index contributed by atoms with van der Waals surface area (Å²) in [4.78, 5) is 200. The molecule has 7 rings (SSSR count). The first-order chi connectivity index (χ1) is 54.2. The van der Waals surface area contributed by atoms with Crippen molar-refractivity contribution in [3.8, 4) is 0 Å². The predicted molar refractivity (Wildman–Crippen MR) is 435 cm³/mol. The van der Waals surface area contributed by atoms with Gasteiger partial charge in [-0.25, -0.2) is 9.59 Å². The lowest BCUT2D eigenvalue weighted by Crippen LogP contribution is -2.60. The molecule has 7 aliphatic rings. The normalized spacial score (nSPS) is 24.5. The molecule has 44 heteroatoms. The van der Waals surface area contributed by atoms with E-state index in [0.29, 0.717) is 83.7 Å². The van der Waals surface area contributed by atoms with Crippen molar-refractivity contribution in [3.63, 3.8) is 0 Å². The van der Waals surface area contributed by atoms with Crippen LogP contribution in [-0.2, 0) is 67.1 Å². The van der Waals surface area contributed by atoms with Crippen molar-refractivity contribution in [2.45, 2.75) is 265 Å². The zero-order valence-corrected chi connectivity index (χ0v) is 68.6. The molecular weight excluding hydrogens is 1570 g/mol. The highest BCUT2D eigenvalue weighted by Gasteiger charge is 2.47. The van der Waals surface area contributed by atoms with Gasteiger partial charge in [-0.3, -0.25) is 67.5 Å². The molecule has 5 aliphatic heterocycles. The summed E-state index contributed by atoms with van der Waals surface area (Å²) in [5.74, 6) is -11.3. The van der Waals surface area contributed by atoms with Crippen LogP contribution in [0.2, 0.25) is 0 Å². The Kier molecular flexibility index (Phi) is 45.1. The molecule has 0 bridgehead atoms. The summed E-state index contributed by atoms with van der Waals surface area (Å²) in [6.07, 6.45) is 12.3. The Bertz CT molecular complexity index is 3240. The number of carboxylic acids is 2. The van der Waals surface area contributed by atoms with Crippen LogP contribution in [-0.4, -0.2) is 307 Å². The van der Waals surface area contributed by atoms with Gasteiger partial charge >= 0.3 is 11.9 Å². The van der Waals surface area contributed by atoms with E-state index < -0.39 is 180 Å². The van der Waals surface area contributed by atoms with Gasteiger partial charge in [-0.15, -0.1) is 0 Å². The molecule has 0 aromatic rings. The van der Waals surface area contributed by atoms with Crippen LogP contribution in [0.1, 0.15) is 168 Å². The number of carbonyl (C=O) groups excluding carboxylic acids is 12. The first kappa shape index (κ1) is 98.6. The van der Waals surface area contributed by atoms with Crippen LogP contribution in [0.15, 0.2) is 9.98 Å². The Morgan fingerprint density at radius 2 is 1.08 bits per heavy atom. The van der Waals surface area contributed by atoms with Gasteiger partial charge in [0.15, 0.2) is 11.9 Å². The number of amides is 12. The van der Waals surface area contributed by atoms with Gasteiger partial charge in [0.05, 0.1) is 24.3 Å². The first-order valence-corrected chi connectivity index (χ1v) is 42.9. The Hall–Kier alpha value is -7.72. The van der Waals surface area contributed by atoms with E-state index >= 15 is 0 Å². The van der Waals surface area contributed by atoms with E-state index in [1.807, 2.05) is 0 Å². The number of aliphatic carboxylic acids is 2. The van der Waals surface area contributed by atoms with E-state index in [1.165, 1.54) is 72.0 Å². The van der Waals surface area contributed by atoms with Crippen LogP contribution in [0.25, 0.3) is 0 Å². The molecule has 16 atom stereocenters. The zero-order chi connectivity index (χ0) is 84.7. The molecule has 0 unspecified atom stereocenters. The molecule has 2 saturated carbocycles. The number of hydrogen-bond acceptors (Lipinski definition) is 26. The van der Waals surface area contributed by atoms with Crippen LogP contribution in [0, 0.1) is 0 Å². The molecule has 0 aromatic carbocycles. The Morgan fingerprint density at radius 1 is 0.544 bits per heavy atom. The molecular formula is C70H124N22O18S4. The van der Waals surface area contributed by atoms with Crippen molar-refractivity contribution >= 4 is 142 Å². The number of aliphatic hydroxyl groups is 2. The summed E-state index contributed by atoms with van der Waals surface area (Å²) < 4.78 is 0. The number of fused-ring (bicyclic) bond motifs is 2. The predicted octanol–water partition coefficient (Wildman–Crippen LogP) is -5.64. The Labute approximate surface area is 683 Å². The number of likely N-dealkylation sites (tertiary alicyclic amines) is 2. The van der Waals surface area contributed by atoms with Gasteiger partial charge in [-0.05, 0) is 143 Å². The van der Waals surface area contributed by atoms with Crippen LogP contribution in [0.3, 0.4) is 0 Å². The smallest absolute Gasteiger partial charge is 0.327 e. The standard InChI is InChI=1S/C32H55N11O9S2.C32H57N11O9S2.2C3H6/c1-17(44)24-28(48)39-20(7-2-3-11-33)29(49)43-14-6-10-23(43)30(50)42-13-5-9-22(42)27(47)38-19(8-4-12-37-32(35)36)26(46)40-21(31(51)52)16-54-53-15-18(34)25(45)41-24;1-17(44)24(41-25(45)18(34)15-53)28(48)39-20(7-2-3-11-33)29(49)43-14-6-10-23(43)30(50)42-13-5-9-22(42)27(47)38-19(8-4-12-37-32(35)36)26(46)40-21(16-54)31(51)52;2*1-2-3-1/h17-24,44H,2-16,33-34H2,1H3,(H,38,47)(H,39,48)(H,40,46)(H,41,45)(H,51,52)(H4,35,36,37);17-24,44,53-54H,2-16,33-34H2,1H3,(H,38,47)(H,39,48)(H,40,46)(H,41,45)(H,51,52)(H4,35,36,37);2*1-3H2/t2*17-,18+,19+,20+,21+,22+,23+,24+;;/m11../s1. The third-order valence-electron chi connectivity index (χ3n) is 19.3. The molecule has 2 aliphatic carbocycles. The number of nitrogens with two attached hydrogens (primary N) is 8. The number of thiol groups is 2. The minimum atomic E-state index is -1.48. The Balaban J connectivity index is 0.000000446. The maximum Gasteiger partial charge on any atom is 0.327 e. The number of guanidine groups is 2. The van der Waals surface area contributed by atoms with Crippen molar-refractivity contribution in [1.29, 1.82) is 0 Å². The fraction of sp³-hybridized carbons (Fsp3) is 0.771. The van der Waals surface area contributed by atoms with Crippen LogP contribution in [0.5, 0.6) is 0 Å². The Morgan fingerprint density at radius 3 is 1.64 bits per heavy atom. The molecule has 40 nitrogen and oxygen atoms in total. The fourth-order valence-electron chi connectivity index (χ4n) is 12.7. The van der Waals surface area contributed by atoms with Crippen molar-refractivity contribution in [2.24, 2.45) is 55.9 Å². The monoisotopic (exact) mass is 1690 g/mol. The summed E-state index contributed by atoms with van der Waals surface area (Å²) >= 11 is 7.96. The number of nitrogens with zero attached hydrogens (tertiary/aromatic N) is 6. The number of aliphatic imine (C=N–C) groups is 2. The van der Waals surface area contributed by atoms with E-state index in [1.54, 1.807) is 0 Å². The van der Waals surface area contributed by atoms with Gasteiger partial charge < -0.3 is 128 Å². The third kappa shape index (κ3) is 33.8. The minimum absolute atomic E-state index is 0.00959. The number of rotatable bonds is 32. The first-order valence-electron chi connectivity index (χ1n) is 39.2. The van der Waals surface area contributed by atoms with Crippen LogP contribution >= 0.6 is 46.8 Å². The molecule has 7 fully saturated rings. The largest absolute Gasteiger partial charge is 0.480 e. The van der Waals surface area contributed by atoms with E-state index in [0.717, 1.165) is 21.6 Å². The minimum Gasteiger partial charge on any atom is -0.480 e. The lowest BCUT2D eigenvalue weighted by Gasteiger charge is -2.34. The summed E-state index contributed by atoms with van der Waals surface area (Å²) in [6.45, 7) is 4.39. The van der Waals surface area contributed by atoms with Gasteiger partial charge in [-0.1, -0.05) is 60.1 Å². The number of nitrogens with one attached hydrogen (secondary N) is 8. The highest BCUT2D eigenvalue weighted by molar-refractivity contribution is 8.76. The average Bonchev–Trinajstić information content (AvgIpc) is 1.57. The van der Waals surface area contributed by atoms with E-state index in [-0.39, 0.29) is 119 Å². The molecule has 28 N–H and O–H groups in total. The van der Waals surface area contributed by atoms with Crippen LogP contribution in [0.4, 0.5) is 0 Å². The number of carboxylic acid groups (broad SMARTS) is 2. The lowest BCUT2D eigenvalue weighted by molar-refractivity contribution is -0.148. The summed E-state index contributed by atoms with van der Waals surface area (Å²) in [5.41, 5.74) is 44.7. The third-order valence-corrected chi connectivity index (χ3v) is 22.5. The second-order valence-electron chi connectivity index (χ2n) is 29.0. The maximum absolute atomic E-state index is 14.1. The van der Waals surface area contributed by atoms with E-state index in [4.69, 9.17) is 45.9 Å². The molecule has 0 radical (unpaired) electrons. The molecule has 5 saturated heterocycles.